The largest absolute Gasteiger partial charge is 0.453 e. The van der Waals surface area contributed by atoms with Gasteiger partial charge in [0.25, 0.3) is 0 Å². The lowest BCUT2D eigenvalue weighted by atomic mass is 9.88. The topological polar surface area (TPSA) is 184 Å². The first-order chi connectivity index (χ1) is 32.8. The molecule has 4 fully saturated rings. The van der Waals surface area contributed by atoms with Crippen molar-refractivity contribution in [2.24, 2.45) is 17.8 Å². The summed E-state index contributed by atoms with van der Waals surface area (Å²) < 4.78 is 9.70. The van der Waals surface area contributed by atoms with Gasteiger partial charge in [-0.2, -0.15) is 0 Å². The van der Waals surface area contributed by atoms with Gasteiger partial charge in [0.1, 0.15) is 23.7 Å². The average molecular weight is 932 g/mol. The van der Waals surface area contributed by atoms with Gasteiger partial charge in [-0.3, -0.25) is 9.59 Å². The lowest BCUT2D eigenvalue weighted by Crippen LogP contribution is -2.51. The first kappa shape index (κ1) is 47.0. The Balaban J connectivity index is 0.976. The summed E-state index contributed by atoms with van der Waals surface area (Å²) in [5.74, 6) is 1.27. The van der Waals surface area contributed by atoms with Crippen molar-refractivity contribution >= 4 is 52.5 Å². The second kappa shape index (κ2) is 19.9. The Bertz CT molecular complexity index is 2490. The predicted molar refractivity (Wildman–Crippen MR) is 261 cm³/mol. The number of piperazine rings is 1. The van der Waals surface area contributed by atoms with Crippen LogP contribution in [0.25, 0.3) is 17.1 Å². The quantitative estimate of drug-likeness (QED) is 0.118. The molecule has 4 saturated heterocycles. The number of aromatic amines is 2. The number of imidazole rings is 2. The molecule has 0 spiro atoms. The van der Waals surface area contributed by atoms with Crippen molar-refractivity contribution in [1.29, 1.82) is 0 Å². The zero-order chi connectivity index (χ0) is 47.8. The number of hydrogen-bond donors (Lipinski definition) is 4. The van der Waals surface area contributed by atoms with Gasteiger partial charge in [0, 0.05) is 68.3 Å². The van der Waals surface area contributed by atoms with Gasteiger partial charge in [-0.25, -0.2) is 19.6 Å². The summed E-state index contributed by atoms with van der Waals surface area (Å²) in [6, 6.07) is 14.2. The lowest BCUT2D eigenvalue weighted by Gasteiger charge is -2.38. The second-order valence-electron chi connectivity index (χ2n) is 20.1. The van der Waals surface area contributed by atoms with Crippen molar-refractivity contribution in [2.75, 3.05) is 70.3 Å². The van der Waals surface area contributed by atoms with Gasteiger partial charge in [0.2, 0.25) is 11.8 Å². The third kappa shape index (κ3) is 9.37. The molecule has 4 aliphatic heterocycles. The maximum absolute atomic E-state index is 13.9. The molecule has 364 valence electrons. The van der Waals surface area contributed by atoms with E-state index in [9.17, 15) is 19.2 Å². The highest BCUT2D eigenvalue weighted by Crippen LogP contribution is 2.46. The van der Waals surface area contributed by atoms with Gasteiger partial charge in [0.15, 0.2) is 0 Å². The van der Waals surface area contributed by atoms with Crippen molar-refractivity contribution in [1.82, 2.24) is 45.3 Å². The molecular formula is C51H69N11O6. The molecule has 4 aromatic rings. The SMILES string of the molecule is COC(=O)NC(C(=O)N1CCCC1c1nc2c([nH]1)CC(C1CCC(c3ccc4nc(C5CCCN5C(=O)C(NC(=O)OC)C(C)C)[nH]c4c3)N1c1ccc(N3CCN(C)CC3)cc1)C=C2)C(C)C. The van der Waals surface area contributed by atoms with E-state index in [1.807, 2.05) is 37.5 Å². The Morgan fingerprint density at radius 3 is 1.87 bits per heavy atom. The minimum atomic E-state index is -0.703. The van der Waals surface area contributed by atoms with Gasteiger partial charge < -0.3 is 54.6 Å². The maximum Gasteiger partial charge on any atom is 0.407 e. The summed E-state index contributed by atoms with van der Waals surface area (Å²) in [4.78, 5) is 81.0. The molecule has 5 aliphatic rings. The number of amides is 4. The van der Waals surface area contributed by atoms with Crippen LogP contribution >= 0.6 is 0 Å². The number of carbonyl (C=O) groups is 4. The number of rotatable bonds is 12. The summed E-state index contributed by atoms with van der Waals surface area (Å²) in [6.45, 7) is 13.0. The first-order valence-electron chi connectivity index (χ1n) is 24.7. The molecule has 0 saturated carbocycles. The highest BCUT2D eigenvalue weighted by Gasteiger charge is 2.42. The molecule has 2 aromatic heterocycles. The normalized spacial score (nSPS) is 23.9. The molecular weight excluding hydrogens is 863 g/mol. The smallest absolute Gasteiger partial charge is 0.407 e. The van der Waals surface area contributed by atoms with Crippen molar-refractivity contribution in [3.05, 3.63) is 77.1 Å². The van der Waals surface area contributed by atoms with Crippen LogP contribution in [0, 0.1) is 17.8 Å². The fraction of sp³-hybridized carbons (Fsp3) is 0.569. The Morgan fingerprint density at radius 2 is 1.28 bits per heavy atom. The molecule has 17 nitrogen and oxygen atoms in total. The van der Waals surface area contributed by atoms with E-state index in [2.05, 4.69) is 97.0 Å². The number of likely N-dealkylation sites (tertiary alicyclic amines) is 2. The standard InChI is InChI=1S/C51H69N11O6/c1-30(2)44(56-50(65)67-6)48(63)60-22-8-10-42(60)46-52-36-18-12-32(28-38(36)54-46)40-20-21-41(62(40)35-16-14-34(15-17-35)59-26-24-58(5)25-27-59)33-13-19-37-39(29-33)55-47(53-37)43-11-9-23-61(43)49(64)45(31(3)4)57-51(66)68-7/h12-19,28,30-31,33,40-45H,8-11,20-27,29H2,1-7H3,(H,52,54)(H,53,55)(H,56,65)(H,57,66). The molecule has 4 amide bonds. The Hall–Kier alpha value is -6.10. The Kier molecular flexibility index (Phi) is 13.7. The average Bonchev–Trinajstić information content (AvgIpc) is 4.20. The molecule has 7 unspecified atom stereocenters. The van der Waals surface area contributed by atoms with Crippen LogP contribution in [0.2, 0.25) is 0 Å². The summed E-state index contributed by atoms with van der Waals surface area (Å²) in [5.41, 5.74) is 7.43. The van der Waals surface area contributed by atoms with Crippen LogP contribution in [0.4, 0.5) is 21.0 Å². The molecule has 0 radical (unpaired) electrons. The number of nitrogens with zero attached hydrogens (tertiary/aromatic N) is 7. The van der Waals surface area contributed by atoms with E-state index in [4.69, 9.17) is 19.4 Å². The number of H-pyrrole nitrogens is 2. The number of methoxy groups -OCH3 is 2. The van der Waals surface area contributed by atoms with E-state index in [0.717, 1.165) is 105 Å². The van der Waals surface area contributed by atoms with E-state index in [1.165, 1.54) is 31.2 Å². The molecule has 17 heteroatoms. The number of benzene rings is 2. The molecule has 6 heterocycles. The minimum Gasteiger partial charge on any atom is -0.453 e. The van der Waals surface area contributed by atoms with Crippen molar-refractivity contribution in [3.8, 4) is 0 Å². The zero-order valence-electron chi connectivity index (χ0n) is 40.7. The lowest BCUT2D eigenvalue weighted by molar-refractivity contribution is -0.136. The number of nitrogens with one attached hydrogen (secondary N) is 4. The Labute approximate surface area is 399 Å². The number of hydrogen-bond acceptors (Lipinski definition) is 11. The molecule has 9 rings (SSSR count). The van der Waals surface area contributed by atoms with Crippen molar-refractivity contribution in [3.63, 3.8) is 0 Å². The monoisotopic (exact) mass is 932 g/mol. The predicted octanol–water partition coefficient (Wildman–Crippen LogP) is 6.72. The maximum atomic E-state index is 13.9. The molecule has 0 bridgehead atoms. The van der Waals surface area contributed by atoms with Crippen molar-refractivity contribution < 1.29 is 28.7 Å². The van der Waals surface area contributed by atoms with Crippen LogP contribution in [0.1, 0.15) is 113 Å². The molecule has 1 aliphatic carbocycles. The number of fused-ring (bicyclic) bond motifs is 2. The number of alkyl carbamates (subject to hydrolysis) is 2. The number of carbonyl (C=O) groups excluding carboxylic acids is 4. The number of aromatic nitrogens is 4. The highest BCUT2D eigenvalue weighted by atomic mass is 16.5. The minimum absolute atomic E-state index is 0.101. The molecule has 2 aromatic carbocycles. The van der Waals surface area contributed by atoms with Crippen molar-refractivity contribution in [2.45, 2.75) is 109 Å². The van der Waals surface area contributed by atoms with Gasteiger partial charge in [-0.05, 0) is 112 Å². The van der Waals surface area contributed by atoms with Crippen LogP contribution in [0.5, 0.6) is 0 Å². The van der Waals surface area contributed by atoms with Crippen LogP contribution < -0.4 is 20.4 Å². The molecule has 4 N–H and O–H groups in total. The Morgan fingerprint density at radius 1 is 0.691 bits per heavy atom. The molecule has 7 atom stereocenters. The number of anilines is 2. The summed E-state index contributed by atoms with van der Waals surface area (Å²) >= 11 is 0. The van der Waals surface area contributed by atoms with E-state index in [0.29, 0.717) is 13.1 Å². The fourth-order valence-corrected chi connectivity index (χ4v) is 11.3. The zero-order valence-corrected chi connectivity index (χ0v) is 40.7. The van der Waals surface area contributed by atoms with Gasteiger partial charge >= 0.3 is 12.2 Å². The first-order valence-corrected chi connectivity index (χ1v) is 24.7. The van der Waals surface area contributed by atoms with Gasteiger partial charge in [-0.15, -0.1) is 0 Å². The summed E-state index contributed by atoms with van der Waals surface area (Å²) in [6.07, 6.45) is 9.28. The third-order valence-corrected chi connectivity index (χ3v) is 15.1. The number of ether oxygens (including phenoxy) is 2. The number of likely N-dealkylation sites (N-methyl/N-ethyl adjacent to an activating group) is 1. The second-order valence-corrected chi connectivity index (χ2v) is 20.1. The highest BCUT2D eigenvalue weighted by molar-refractivity contribution is 5.87. The van der Waals surface area contributed by atoms with Crippen LogP contribution in [0.3, 0.4) is 0 Å². The van der Waals surface area contributed by atoms with E-state index in [1.54, 1.807) is 0 Å². The van der Waals surface area contributed by atoms with E-state index >= 15 is 0 Å². The van der Waals surface area contributed by atoms with E-state index in [-0.39, 0.29) is 53.7 Å². The van der Waals surface area contributed by atoms with Crippen LogP contribution in [-0.2, 0) is 25.5 Å². The summed E-state index contributed by atoms with van der Waals surface area (Å²) in [7, 11) is 4.80. The van der Waals surface area contributed by atoms with Gasteiger partial charge in [-0.1, -0.05) is 39.8 Å². The summed E-state index contributed by atoms with van der Waals surface area (Å²) in [5, 5.41) is 5.51. The van der Waals surface area contributed by atoms with Gasteiger partial charge in [0.05, 0.1) is 49.1 Å². The van der Waals surface area contributed by atoms with E-state index < -0.39 is 24.3 Å². The van der Waals surface area contributed by atoms with Crippen LogP contribution in [0.15, 0.2) is 48.5 Å². The third-order valence-electron chi connectivity index (χ3n) is 15.1. The molecule has 68 heavy (non-hydrogen) atoms. The fourth-order valence-electron chi connectivity index (χ4n) is 11.3. The van der Waals surface area contributed by atoms with Crippen LogP contribution in [-0.4, -0.2) is 137 Å².